The molecule has 1 atom stereocenters. The smallest absolute Gasteiger partial charge is 0.475 e. The van der Waals surface area contributed by atoms with E-state index in [9.17, 15) is 26.4 Å². The van der Waals surface area contributed by atoms with E-state index in [0.29, 0.717) is 22.9 Å². The van der Waals surface area contributed by atoms with Gasteiger partial charge in [-0.05, 0) is 75.0 Å². The van der Waals surface area contributed by atoms with Gasteiger partial charge < -0.3 is 10.4 Å². The Balaban J connectivity index is 0.000000470. The number of anilines is 1. The first kappa shape index (κ1) is 29.5. The molecule has 216 valence electrons. The summed E-state index contributed by atoms with van der Waals surface area (Å²) in [6, 6.07) is 12.0. The molecule has 10 nitrogen and oxygen atoms in total. The Bertz CT molecular complexity index is 1460. The standard InChI is InChI=1S/C24H29N5O3S.C2HF3O2/c25-33(31,32)19-9-5-8-17(14-19)22-20-15-18(10-11-21(20)27-28-22)26-24(30)23(16-6-1-2-7-16)29-12-3-4-13-29;3-2(4,5)1(6)7/h5,8-11,14-16,23H,1-4,6-7,12-13H2,(H,26,30)(H,27,28)(H2,25,31,32);(H,6,7). The molecule has 2 aromatic carbocycles. The summed E-state index contributed by atoms with van der Waals surface area (Å²) in [6.45, 7) is 1.97. The molecule has 1 amide bonds. The number of hydrogen-bond donors (Lipinski definition) is 4. The predicted molar refractivity (Wildman–Crippen MR) is 142 cm³/mol. The number of carbonyl (C=O) groups is 2. The third-order valence-corrected chi connectivity index (χ3v) is 8.07. The van der Waals surface area contributed by atoms with Gasteiger partial charge in [-0.25, -0.2) is 18.4 Å². The van der Waals surface area contributed by atoms with Crippen LogP contribution in [0, 0.1) is 5.92 Å². The Hall–Kier alpha value is -3.49. The molecule has 2 aliphatic rings. The van der Waals surface area contributed by atoms with Crippen molar-refractivity contribution < 1.29 is 36.3 Å². The summed E-state index contributed by atoms with van der Waals surface area (Å²) in [7, 11) is -3.82. The van der Waals surface area contributed by atoms with Crippen LogP contribution in [0.3, 0.4) is 0 Å². The lowest BCUT2D eigenvalue weighted by Gasteiger charge is -2.31. The molecule has 5 rings (SSSR count). The molecule has 1 aliphatic heterocycles. The topological polar surface area (TPSA) is 158 Å². The second-order valence-corrected chi connectivity index (χ2v) is 11.5. The van der Waals surface area contributed by atoms with Gasteiger partial charge in [0.1, 0.15) is 5.69 Å². The molecule has 5 N–H and O–H groups in total. The summed E-state index contributed by atoms with van der Waals surface area (Å²) in [4.78, 5) is 24.7. The summed E-state index contributed by atoms with van der Waals surface area (Å²) >= 11 is 0. The number of aromatic amines is 1. The Morgan fingerprint density at radius 2 is 1.73 bits per heavy atom. The third kappa shape index (κ3) is 6.98. The molecule has 1 aliphatic carbocycles. The maximum Gasteiger partial charge on any atom is 0.490 e. The highest BCUT2D eigenvalue weighted by Gasteiger charge is 2.38. The fourth-order valence-corrected chi connectivity index (χ4v) is 5.88. The number of rotatable bonds is 6. The minimum absolute atomic E-state index is 0.0330. The highest BCUT2D eigenvalue weighted by Crippen LogP contribution is 2.34. The molecule has 0 bridgehead atoms. The van der Waals surface area contributed by atoms with E-state index in [4.69, 9.17) is 15.0 Å². The van der Waals surface area contributed by atoms with Gasteiger partial charge in [-0.2, -0.15) is 18.3 Å². The zero-order chi connectivity index (χ0) is 29.1. The number of benzene rings is 2. The van der Waals surface area contributed by atoms with E-state index in [1.165, 1.54) is 25.0 Å². The Morgan fingerprint density at radius 1 is 1.07 bits per heavy atom. The second-order valence-electron chi connectivity index (χ2n) is 9.93. The van der Waals surface area contributed by atoms with E-state index < -0.39 is 22.2 Å². The second kappa shape index (κ2) is 11.9. The van der Waals surface area contributed by atoms with Crippen LogP contribution in [0.5, 0.6) is 0 Å². The molecule has 40 heavy (non-hydrogen) atoms. The van der Waals surface area contributed by atoms with Crippen molar-refractivity contribution in [1.29, 1.82) is 0 Å². The van der Waals surface area contributed by atoms with E-state index in [-0.39, 0.29) is 16.8 Å². The number of H-pyrrole nitrogens is 1. The van der Waals surface area contributed by atoms with Crippen molar-refractivity contribution in [2.75, 3.05) is 18.4 Å². The minimum atomic E-state index is -5.08. The van der Waals surface area contributed by atoms with Crippen LogP contribution in [-0.4, -0.2) is 65.8 Å². The summed E-state index contributed by atoms with van der Waals surface area (Å²) in [6.07, 6.45) is 1.84. The summed E-state index contributed by atoms with van der Waals surface area (Å²) in [5, 5.41) is 23.8. The van der Waals surface area contributed by atoms with Crippen molar-refractivity contribution >= 4 is 38.5 Å². The molecule has 2 heterocycles. The number of nitrogens with one attached hydrogen (secondary N) is 2. The maximum absolute atomic E-state index is 13.4. The predicted octanol–water partition coefficient (Wildman–Crippen LogP) is 4.10. The number of carboxylic acids is 1. The number of halogens is 3. The number of likely N-dealkylation sites (tertiary alicyclic amines) is 1. The fraction of sp³-hybridized carbons (Fsp3) is 0.423. The number of aliphatic carboxylic acids is 1. The molecule has 0 radical (unpaired) electrons. The first-order valence-corrected chi connectivity index (χ1v) is 14.4. The van der Waals surface area contributed by atoms with E-state index in [0.717, 1.165) is 49.7 Å². The molecule has 3 aromatic rings. The largest absolute Gasteiger partial charge is 0.490 e. The molecular formula is C26H30F3N5O5S. The quantitative estimate of drug-likeness (QED) is 0.341. The first-order valence-electron chi connectivity index (χ1n) is 12.8. The van der Waals surface area contributed by atoms with E-state index in [1.54, 1.807) is 12.1 Å². The lowest BCUT2D eigenvalue weighted by Crippen LogP contribution is -2.46. The van der Waals surface area contributed by atoms with Crippen molar-refractivity contribution in [3.8, 4) is 11.3 Å². The molecule has 14 heteroatoms. The van der Waals surface area contributed by atoms with Gasteiger partial charge in [-0.3, -0.25) is 14.8 Å². The molecule has 1 saturated carbocycles. The number of aromatic nitrogens is 2. The minimum Gasteiger partial charge on any atom is -0.475 e. The third-order valence-electron chi connectivity index (χ3n) is 7.16. The maximum atomic E-state index is 13.4. The van der Waals surface area contributed by atoms with Crippen molar-refractivity contribution in [2.24, 2.45) is 11.1 Å². The van der Waals surface area contributed by atoms with Crippen LogP contribution in [0.15, 0.2) is 47.4 Å². The van der Waals surface area contributed by atoms with Crippen LogP contribution in [0.25, 0.3) is 22.2 Å². The molecule has 2 fully saturated rings. The van der Waals surface area contributed by atoms with Gasteiger partial charge in [0.15, 0.2) is 0 Å². The van der Waals surface area contributed by atoms with Crippen LogP contribution in [0.1, 0.15) is 38.5 Å². The Labute approximate surface area is 228 Å². The summed E-state index contributed by atoms with van der Waals surface area (Å²) in [5.41, 5.74) is 2.76. The number of nitrogens with two attached hydrogens (primary N) is 1. The van der Waals surface area contributed by atoms with Crippen LogP contribution < -0.4 is 10.5 Å². The fourth-order valence-electron chi connectivity index (χ4n) is 5.32. The number of fused-ring (bicyclic) bond motifs is 1. The number of sulfonamides is 1. The first-order chi connectivity index (χ1) is 18.8. The van der Waals surface area contributed by atoms with Gasteiger partial charge >= 0.3 is 12.1 Å². The SMILES string of the molecule is NS(=O)(=O)c1cccc(-c2n[nH]c3ccc(NC(=O)C(C4CCCC4)N4CCCC4)cc23)c1.O=C(O)C(F)(F)F. The van der Waals surface area contributed by atoms with E-state index >= 15 is 0 Å². The summed E-state index contributed by atoms with van der Waals surface area (Å²) < 4.78 is 55.3. The zero-order valence-corrected chi connectivity index (χ0v) is 22.3. The highest BCUT2D eigenvalue weighted by molar-refractivity contribution is 7.89. The number of primary sulfonamides is 1. The van der Waals surface area contributed by atoms with Gasteiger partial charge in [-0.1, -0.05) is 25.0 Å². The molecule has 1 unspecified atom stereocenters. The average molecular weight is 582 g/mol. The monoisotopic (exact) mass is 581 g/mol. The number of carboxylic acid groups (broad SMARTS) is 1. The number of alkyl halides is 3. The van der Waals surface area contributed by atoms with Gasteiger partial charge in [0.25, 0.3) is 0 Å². The number of carbonyl (C=O) groups excluding carboxylic acids is 1. The lowest BCUT2D eigenvalue weighted by molar-refractivity contribution is -0.192. The number of hydrogen-bond acceptors (Lipinski definition) is 6. The van der Waals surface area contributed by atoms with E-state index in [1.807, 2.05) is 18.2 Å². The van der Waals surface area contributed by atoms with Crippen LogP contribution >= 0.6 is 0 Å². The summed E-state index contributed by atoms with van der Waals surface area (Å²) in [5.74, 6) is -2.28. The zero-order valence-electron chi connectivity index (χ0n) is 21.4. The van der Waals surface area contributed by atoms with Crippen molar-refractivity contribution in [2.45, 2.75) is 55.6 Å². The lowest BCUT2D eigenvalue weighted by atomic mass is 9.95. The van der Waals surface area contributed by atoms with Gasteiger partial charge in [0.05, 0.1) is 16.5 Å². The number of nitrogens with zero attached hydrogens (tertiary/aromatic N) is 2. The number of amides is 1. The van der Waals surface area contributed by atoms with Crippen LogP contribution in [-0.2, 0) is 19.6 Å². The molecule has 0 spiro atoms. The van der Waals surface area contributed by atoms with Gasteiger partial charge in [0.2, 0.25) is 15.9 Å². The van der Waals surface area contributed by atoms with Gasteiger partial charge in [-0.15, -0.1) is 0 Å². The molecule has 1 aromatic heterocycles. The Kier molecular flexibility index (Phi) is 8.80. The van der Waals surface area contributed by atoms with Crippen LogP contribution in [0.2, 0.25) is 0 Å². The normalized spacial score (nSPS) is 17.4. The molecule has 1 saturated heterocycles. The van der Waals surface area contributed by atoms with Crippen molar-refractivity contribution in [3.05, 3.63) is 42.5 Å². The van der Waals surface area contributed by atoms with Crippen molar-refractivity contribution in [1.82, 2.24) is 15.1 Å². The molecular weight excluding hydrogens is 551 g/mol. The van der Waals surface area contributed by atoms with Crippen LogP contribution in [0.4, 0.5) is 18.9 Å². The van der Waals surface area contributed by atoms with Crippen molar-refractivity contribution in [3.63, 3.8) is 0 Å². The highest BCUT2D eigenvalue weighted by atomic mass is 32.2. The average Bonchev–Trinajstić information content (AvgIpc) is 3.66. The van der Waals surface area contributed by atoms with E-state index in [2.05, 4.69) is 20.4 Å². The Morgan fingerprint density at radius 3 is 2.33 bits per heavy atom. The van der Waals surface area contributed by atoms with Gasteiger partial charge in [0, 0.05) is 16.6 Å².